The third-order valence-corrected chi connectivity index (χ3v) is 3.72. The lowest BCUT2D eigenvalue weighted by Crippen LogP contribution is -2.35. The van der Waals surface area contributed by atoms with Crippen molar-refractivity contribution >= 4 is 5.91 Å². The van der Waals surface area contributed by atoms with E-state index in [1.807, 2.05) is 29.2 Å². The lowest BCUT2D eigenvalue weighted by molar-refractivity contribution is 0.0733. The second-order valence-electron chi connectivity index (χ2n) is 4.94. The Morgan fingerprint density at radius 3 is 3.06 bits per heavy atom. The summed E-state index contributed by atoms with van der Waals surface area (Å²) in [4.78, 5) is 14.5. The van der Waals surface area contributed by atoms with E-state index in [4.69, 9.17) is 5.73 Å². The van der Waals surface area contributed by atoms with Crippen LogP contribution in [-0.4, -0.2) is 29.9 Å². The summed E-state index contributed by atoms with van der Waals surface area (Å²) in [6, 6.07) is 8.31. The molecule has 1 amide bonds. The maximum absolute atomic E-state index is 12.5. The van der Waals surface area contributed by atoms with Crippen molar-refractivity contribution in [2.24, 2.45) is 5.73 Å². The van der Waals surface area contributed by atoms with Crippen LogP contribution in [0.3, 0.4) is 0 Å². The first kappa shape index (κ1) is 13.1. The zero-order valence-corrected chi connectivity index (χ0v) is 11.1. The van der Waals surface area contributed by atoms with Crippen LogP contribution in [0.5, 0.6) is 0 Å². The number of carbonyl (C=O) groups excluding carboxylic acids is 1. The highest BCUT2D eigenvalue weighted by Crippen LogP contribution is 2.22. The van der Waals surface area contributed by atoms with Gasteiger partial charge < -0.3 is 10.6 Å². The molecule has 3 heteroatoms. The van der Waals surface area contributed by atoms with Crippen LogP contribution in [0.4, 0.5) is 0 Å². The van der Waals surface area contributed by atoms with Gasteiger partial charge in [-0.15, -0.1) is 0 Å². The molecule has 1 aliphatic rings. The van der Waals surface area contributed by atoms with Gasteiger partial charge in [0.15, 0.2) is 0 Å². The summed E-state index contributed by atoms with van der Waals surface area (Å²) >= 11 is 0. The number of amides is 1. The minimum atomic E-state index is 0.179. The van der Waals surface area contributed by atoms with Crippen LogP contribution in [0.15, 0.2) is 24.3 Å². The van der Waals surface area contributed by atoms with Crippen LogP contribution >= 0.6 is 0 Å². The van der Waals surface area contributed by atoms with Gasteiger partial charge in [-0.05, 0) is 49.9 Å². The van der Waals surface area contributed by atoms with Crippen molar-refractivity contribution in [2.45, 2.75) is 38.6 Å². The van der Waals surface area contributed by atoms with E-state index in [1.165, 1.54) is 0 Å². The largest absolute Gasteiger partial charge is 0.336 e. The molecular weight excluding hydrogens is 224 g/mol. The van der Waals surface area contributed by atoms with Crippen LogP contribution in [-0.2, 0) is 6.42 Å². The van der Waals surface area contributed by atoms with E-state index in [0.29, 0.717) is 12.6 Å². The highest BCUT2D eigenvalue weighted by Gasteiger charge is 2.27. The first-order valence-corrected chi connectivity index (χ1v) is 6.86. The summed E-state index contributed by atoms with van der Waals surface area (Å²) in [6.07, 6.45) is 4.16. The van der Waals surface area contributed by atoms with E-state index in [9.17, 15) is 4.79 Å². The van der Waals surface area contributed by atoms with Crippen LogP contribution in [0, 0.1) is 0 Å². The summed E-state index contributed by atoms with van der Waals surface area (Å²) in [5.41, 5.74) is 7.51. The van der Waals surface area contributed by atoms with Gasteiger partial charge >= 0.3 is 0 Å². The van der Waals surface area contributed by atoms with Crippen LogP contribution in [0.1, 0.15) is 42.1 Å². The van der Waals surface area contributed by atoms with Crippen LogP contribution in [0.25, 0.3) is 0 Å². The van der Waals surface area contributed by atoms with Crippen molar-refractivity contribution in [2.75, 3.05) is 13.1 Å². The smallest absolute Gasteiger partial charge is 0.254 e. The Balaban J connectivity index is 2.15. The molecule has 0 spiro atoms. The van der Waals surface area contributed by atoms with Crippen LogP contribution in [0.2, 0.25) is 0 Å². The highest BCUT2D eigenvalue weighted by molar-refractivity contribution is 5.94. The summed E-state index contributed by atoms with van der Waals surface area (Å²) in [5, 5.41) is 0. The fourth-order valence-electron chi connectivity index (χ4n) is 2.72. The van der Waals surface area contributed by atoms with E-state index >= 15 is 0 Å². The molecule has 0 aromatic heterocycles. The SMILES string of the molecule is CCC1CCCN1C(=O)c1cccc(CCN)c1. The Morgan fingerprint density at radius 2 is 2.33 bits per heavy atom. The summed E-state index contributed by atoms with van der Waals surface area (Å²) in [6.45, 7) is 3.68. The third kappa shape index (κ3) is 2.72. The molecule has 1 unspecified atom stereocenters. The van der Waals surface area contributed by atoms with E-state index in [-0.39, 0.29) is 5.91 Å². The van der Waals surface area contributed by atoms with Gasteiger partial charge in [-0.2, -0.15) is 0 Å². The maximum atomic E-state index is 12.5. The second kappa shape index (κ2) is 6.01. The molecule has 0 bridgehead atoms. The fourth-order valence-corrected chi connectivity index (χ4v) is 2.72. The number of rotatable bonds is 4. The molecule has 18 heavy (non-hydrogen) atoms. The van der Waals surface area contributed by atoms with Gasteiger partial charge in [0.05, 0.1) is 0 Å². The van der Waals surface area contributed by atoms with Gasteiger partial charge in [0.25, 0.3) is 5.91 Å². The lowest BCUT2D eigenvalue weighted by Gasteiger charge is -2.23. The molecule has 1 saturated heterocycles. The molecule has 0 radical (unpaired) electrons. The van der Waals surface area contributed by atoms with Gasteiger partial charge in [-0.3, -0.25) is 4.79 Å². The van der Waals surface area contributed by atoms with E-state index in [1.54, 1.807) is 0 Å². The normalized spacial score (nSPS) is 19.2. The monoisotopic (exact) mass is 246 g/mol. The molecule has 98 valence electrons. The molecule has 1 heterocycles. The van der Waals surface area contributed by atoms with Gasteiger partial charge in [0.2, 0.25) is 0 Å². The minimum absolute atomic E-state index is 0.179. The lowest BCUT2D eigenvalue weighted by atomic mass is 10.1. The van der Waals surface area contributed by atoms with Crippen LogP contribution < -0.4 is 5.73 Å². The van der Waals surface area contributed by atoms with Gasteiger partial charge in [-0.1, -0.05) is 19.1 Å². The standard InChI is InChI=1S/C15H22N2O/c1-2-14-7-4-10-17(14)15(18)13-6-3-5-12(11-13)8-9-16/h3,5-6,11,14H,2,4,7-10,16H2,1H3. The molecule has 1 aliphatic heterocycles. The molecule has 2 rings (SSSR count). The molecule has 0 saturated carbocycles. The Labute approximate surface area is 109 Å². The number of benzene rings is 1. The van der Waals surface area contributed by atoms with Gasteiger partial charge in [0, 0.05) is 18.2 Å². The van der Waals surface area contributed by atoms with Crippen molar-refractivity contribution in [1.82, 2.24) is 4.90 Å². The minimum Gasteiger partial charge on any atom is -0.336 e. The topological polar surface area (TPSA) is 46.3 Å². The number of carbonyl (C=O) groups is 1. The number of hydrogen-bond donors (Lipinski definition) is 1. The number of nitrogens with two attached hydrogens (primary N) is 1. The Hall–Kier alpha value is -1.35. The molecule has 1 fully saturated rings. The van der Waals surface area contributed by atoms with Crippen molar-refractivity contribution in [3.8, 4) is 0 Å². The number of nitrogens with zero attached hydrogens (tertiary/aromatic N) is 1. The van der Waals surface area contributed by atoms with Gasteiger partial charge in [-0.25, -0.2) is 0 Å². The molecule has 3 nitrogen and oxygen atoms in total. The molecular formula is C15H22N2O. The number of likely N-dealkylation sites (tertiary alicyclic amines) is 1. The zero-order valence-electron chi connectivity index (χ0n) is 11.1. The molecule has 0 aliphatic carbocycles. The molecule has 1 aromatic carbocycles. The van der Waals surface area contributed by atoms with Crippen molar-refractivity contribution in [3.05, 3.63) is 35.4 Å². The predicted octanol–water partition coefficient (Wildman–Crippen LogP) is 2.20. The first-order chi connectivity index (χ1) is 8.76. The van der Waals surface area contributed by atoms with Crippen molar-refractivity contribution in [1.29, 1.82) is 0 Å². The summed E-state index contributed by atoms with van der Waals surface area (Å²) < 4.78 is 0. The van der Waals surface area contributed by atoms with Gasteiger partial charge in [0.1, 0.15) is 0 Å². The Morgan fingerprint density at radius 1 is 1.50 bits per heavy atom. The predicted molar refractivity (Wildman–Crippen MR) is 73.5 cm³/mol. The highest BCUT2D eigenvalue weighted by atomic mass is 16.2. The average Bonchev–Trinajstić information content (AvgIpc) is 2.87. The third-order valence-electron chi connectivity index (χ3n) is 3.72. The number of hydrogen-bond acceptors (Lipinski definition) is 2. The molecule has 2 N–H and O–H groups in total. The van der Waals surface area contributed by atoms with Crippen molar-refractivity contribution in [3.63, 3.8) is 0 Å². The fraction of sp³-hybridized carbons (Fsp3) is 0.533. The maximum Gasteiger partial charge on any atom is 0.254 e. The summed E-state index contributed by atoms with van der Waals surface area (Å²) in [7, 11) is 0. The van der Waals surface area contributed by atoms with E-state index in [2.05, 4.69) is 6.92 Å². The van der Waals surface area contributed by atoms with E-state index in [0.717, 1.165) is 43.4 Å². The Kier molecular flexibility index (Phi) is 4.37. The molecule has 1 aromatic rings. The zero-order chi connectivity index (χ0) is 13.0. The average molecular weight is 246 g/mol. The Bertz CT molecular complexity index is 417. The quantitative estimate of drug-likeness (QED) is 0.885. The van der Waals surface area contributed by atoms with Crippen molar-refractivity contribution < 1.29 is 4.79 Å². The second-order valence-corrected chi connectivity index (χ2v) is 4.94. The van der Waals surface area contributed by atoms with E-state index < -0.39 is 0 Å². The summed E-state index contributed by atoms with van der Waals surface area (Å²) in [5.74, 6) is 0.179. The first-order valence-electron chi connectivity index (χ1n) is 6.86. The molecule has 1 atom stereocenters.